The molecule has 24 heavy (non-hydrogen) atoms. The van der Waals surface area contributed by atoms with Gasteiger partial charge in [0.05, 0.1) is 11.7 Å². The molecule has 0 spiro atoms. The van der Waals surface area contributed by atoms with E-state index in [1.54, 1.807) is 30.3 Å². The van der Waals surface area contributed by atoms with Gasteiger partial charge in [0.15, 0.2) is 5.78 Å². The number of hydrogen-bond donors (Lipinski definition) is 2. The second kappa shape index (κ2) is 8.22. The highest BCUT2D eigenvalue weighted by Gasteiger charge is 2.22. The summed E-state index contributed by atoms with van der Waals surface area (Å²) < 4.78 is 0.769. The maximum atomic E-state index is 12.8. The third-order valence-corrected chi connectivity index (χ3v) is 4.57. The molecular formula is C19H21BrN2O2. The lowest BCUT2D eigenvalue weighted by atomic mass is 9.98. The van der Waals surface area contributed by atoms with Crippen LogP contribution in [0, 0.1) is 5.92 Å². The average molecular weight is 389 g/mol. The van der Waals surface area contributed by atoms with Crippen molar-refractivity contribution in [3.63, 3.8) is 0 Å². The molecular weight excluding hydrogens is 368 g/mol. The minimum absolute atomic E-state index is 0.0636. The fraction of sp³-hybridized carbons (Fsp3) is 0.263. The Bertz CT molecular complexity index is 731. The van der Waals surface area contributed by atoms with Crippen LogP contribution in [0.3, 0.4) is 0 Å². The van der Waals surface area contributed by atoms with Gasteiger partial charge in [-0.3, -0.25) is 9.59 Å². The van der Waals surface area contributed by atoms with Gasteiger partial charge in [0.25, 0.3) is 0 Å². The van der Waals surface area contributed by atoms with Crippen LogP contribution in [0.4, 0.5) is 5.69 Å². The van der Waals surface area contributed by atoms with Crippen molar-refractivity contribution in [1.29, 1.82) is 0 Å². The Kier molecular flexibility index (Phi) is 6.29. The second-order valence-corrected chi connectivity index (χ2v) is 6.70. The normalized spacial score (nSPS) is 13.2. The second-order valence-electron chi connectivity index (χ2n) is 5.79. The van der Waals surface area contributed by atoms with E-state index in [1.807, 2.05) is 32.0 Å². The topological polar surface area (TPSA) is 72.2 Å². The molecule has 0 aliphatic heterocycles. The maximum Gasteiger partial charge on any atom is 0.241 e. The van der Waals surface area contributed by atoms with Gasteiger partial charge in [0, 0.05) is 15.6 Å². The summed E-state index contributed by atoms with van der Waals surface area (Å²) in [4.78, 5) is 25.1. The predicted octanol–water partition coefficient (Wildman–Crippen LogP) is 3.99. The third-order valence-electron chi connectivity index (χ3n) is 4.08. The van der Waals surface area contributed by atoms with E-state index in [2.05, 4.69) is 21.2 Å². The minimum Gasteiger partial charge on any atom is -0.324 e. The molecule has 4 nitrogen and oxygen atoms in total. The van der Waals surface area contributed by atoms with Crippen molar-refractivity contribution < 1.29 is 9.59 Å². The van der Waals surface area contributed by atoms with Crippen LogP contribution in [0.2, 0.25) is 0 Å². The summed E-state index contributed by atoms with van der Waals surface area (Å²) in [5, 5.41) is 2.80. The van der Waals surface area contributed by atoms with Crippen LogP contribution in [0.25, 0.3) is 0 Å². The lowest BCUT2D eigenvalue weighted by Crippen LogP contribution is -2.40. The van der Waals surface area contributed by atoms with Gasteiger partial charge in [-0.1, -0.05) is 66.5 Å². The Morgan fingerprint density at radius 3 is 2.46 bits per heavy atom. The highest BCUT2D eigenvalue weighted by atomic mass is 79.9. The summed E-state index contributed by atoms with van der Waals surface area (Å²) in [5.74, 6) is -0.369. The summed E-state index contributed by atoms with van der Waals surface area (Å²) in [5.41, 5.74) is 7.45. The molecule has 2 aromatic rings. The largest absolute Gasteiger partial charge is 0.324 e. The first-order chi connectivity index (χ1) is 11.4. The van der Waals surface area contributed by atoms with E-state index < -0.39 is 6.04 Å². The van der Waals surface area contributed by atoms with E-state index in [0.29, 0.717) is 16.8 Å². The zero-order chi connectivity index (χ0) is 17.7. The molecule has 2 atom stereocenters. The number of carbonyl (C=O) groups is 2. The summed E-state index contributed by atoms with van der Waals surface area (Å²) in [6, 6.07) is 13.6. The fourth-order valence-electron chi connectivity index (χ4n) is 2.29. The molecule has 0 saturated carbocycles. The Hall–Kier alpha value is -1.98. The van der Waals surface area contributed by atoms with Gasteiger partial charge in [-0.05, 0) is 24.1 Å². The third kappa shape index (κ3) is 4.30. The lowest BCUT2D eigenvalue weighted by molar-refractivity contribution is -0.118. The minimum atomic E-state index is -0.613. The number of rotatable bonds is 6. The Labute approximate surface area is 150 Å². The quantitative estimate of drug-likeness (QED) is 0.734. The van der Waals surface area contributed by atoms with Crippen LogP contribution in [-0.4, -0.2) is 17.7 Å². The number of halogens is 1. The molecule has 0 radical (unpaired) electrons. The maximum absolute atomic E-state index is 12.8. The molecule has 0 aliphatic carbocycles. The number of benzene rings is 2. The summed E-state index contributed by atoms with van der Waals surface area (Å²) in [6.45, 7) is 3.92. The number of anilines is 1. The Morgan fingerprint density at radius 1 is 1.17 bits per heavy atom. The Morgan fingerprint density at radius 2 is 1.83 bits per heavy atom. The van der Waals surface area contributed by atoms with E-state index >= 15 is 0 Å². The molecule has 126 valence electrons. The molecule has 0 heterocycles. The van der Waals surface area contributed by atoms with Crippen LogP contribution >= 0.6 is 15.9 Å². The van der Waals surface area contributed by atoms with Gasteiger partial charge in [0.2, 0.25) is 5.91 Å². The number of hydrogen-bond acceptors (Lipinski definition) is 3. The number of nitrogens with one attached hydrogen (secondary N) is 1. The molecule has 0 bridgehead atoms. The zero-order valence-corrected chi connectivity index (χ0v) is 15.3. The van der Waals surface area contributed by atoms with Gasteiger partial charge < -0.3 is 11.1 Å². The first kappa shape index (κ1) is 18.4. The molecule has 0 saturated heterocycles. The molecule has 0 fully saturated rings. The van der Waals surface area contributed by atoms with Crippen LogP contribution in [-0.2, 0) is 4.79 Å². The van der Waals surface area contributed by atoms with E-state index in [1.165, 1.54) is 0 Å². The summed E-state index contributed by atoms with van der Waals surface area (Å²) >= 11 is 3.38. The van der Waals surface area contributed by atoms with Crippen LogP contribution in [0.15, 0.2) is 53.0 Å². The standard InChI is InChI=1S/C19H21BrN2O2/c1-3-12(2)17(21)19(24)22-16-10-9-14(20)11-15(16)18(23)13-7-5-4-6-8-13/h4-12,17H,3,21H2,1-2H3,(H,22,24)/t12-,17-/m0/s1. The average Bonchev–Trinajstić information content (AvgIpc) is 2.61. The van der Waals surface area contributed by atoms with E-state index in [0.717, 1.165) is 10.9 Å². The summed E-state index contributed by atoms with van der Waals surface area (Å²) in [6.07, 6.45) is 0.810. The molecule has 3 N–H and O–H groups in total. The predicted molar refractivity (Wildman–Crippen MR) is 100 cm³/mol. The molecule has 0 aromatic heterocycles. The monoisotopic (exact) mass is 388 g/mol. The first-order valence-corrected chi connectivity index (χ1v) is 8.69. The number of ketones is 1. The number of carbonyl (C=O) groups excluding carboxylic acids is 2. The van der Waals surface area contributed by atoms with Crippen molar-refractivity contribution in [2.45, 2.75) is 26.3 Å². The number of amides is 1. The van der Waals surface area contributed by atoms with Crippen molar-refractivity contribution in [3.05, 3.63) is 64.1 Å². The van der Waals surface area contributed by atoms with Crippen molar-refractivity contribution in [2.75, 3.05) is 5.32 Å². The fourth-order valence-corrected chi connectivity index (χ4v) is 2.65. The van der Waals surface area contributed by atoms with Crippen molar-refractivity contribution >= 4 is 33.3 Å². The molecule has 0 unspecified atom stereocenters. The van der Waals surface area contributed by atoms with E-state index in [-0.39, 0.29) is 17.6 Å². The van der Waals surface area contributed by atoms with Crippen LogP contribution in [0.1, 0.15) is 36.2 Å². The molecule has 5 heteroatoms. The first-order valence-electron chi connectivity index (χ1n) is 7.89. The van der Waals surface area contributed by atoms with Crippen LogP contribution in [0.5, 0.6) is 0 Å². The van der Waals surface area contributed by atoms with Gasteiger partial charge in [-0.15, -0.1) is 0 Å². The smallest absolute Gasteiger partial charge is 0.241 e. The van der Waals surface area contributed by atoms with E-state index in [9.17, 15) is 9.59 Å². The van der Waals surface area contributed by atoms with Gasteiger partial charge in [0.1, 0.15) is 0 Å². The van der Waals surface area contributed by atoms with Gasteiger partial charge >= 0.3 is 0 Å². The number of nitrogens with two attached hydrogens (primary N) is 1. The van der Waals surface area contributed by atoms with Gasteiger partial charge in [-0.25, -0.2) is 0 Å². The lowest BCUT2D eigenvalue weighted by Gasteiger charge is -2.19. The molecule has 0 aliphatic rings. The SMILES string of the molecule is CC[C@H](C)[C@H](N)C(=O)Nc1ccc(Br)cc1C(=O)c1ccccc1. The Balaban J connectivity index is 2.32. The van der Waals surface area contributed by atoms with Crippen molar-refractivity contribution in [2.24, 2.45) is 11.7 Å². The zero-order valence-electron chi connectivity index (χ0n) is 13.8. The summed E-state index contributed by atoms with van der Waals surface area (Å²) in [7, 11) is 0. The highest BCUT2D eigenvalue weighted by Crippen LogP contribution is 2.24. The molecule has 2 rings (SSSR count). The highest BCUT2D eigenvalue weighted by molar-refractivity contribution is 9.10. The van der Waals surface area contributed by atoms with Crippen molar-refractivity contribution in [3.8, 4) is 0 Å². The van der Waals surface area contributed by atoms with Gasteiger partial charge in [-0.2, -0.15) is 0 Å². The van der Waals surface area contributed by atoms with E-state index in [4.69, 9.17) is 5.73 Å². The molecule has 2 aromatic carbocycles. The molecule has 1 amide bonds. The van der Waals surface area contributed by atoms with Crippen LogP contribution < -0.4 is 11.1 Å². The van der Waals surface area contributed by atoms with Crippen molar-refractivity contribution in [1.82, 2.24) is 0 Å².